The summed E-state index contributed by atoms with van der Waals surface area (Å²) in [5.41, 5.74) is 1.63. The largest absolute Gasteiger partial charge is 0.395 e. The summed E-state index contributed by atoms with van der Waals surface area (Å²) in [6.07, 6.45) is 5.83. The first kappa shape index (κ1) is 22.1. The van der Waals surface area contributed by atoms with Gasteiger partial charge in [0.2, 0.25) is 0 Å². The lowest BCUT2D eigenvalue weighted by Crippen LogP contribution is -2.53. The van der Waals surface area contributed by atoms with Crippen LogP contribution in [0.3, 0.4) is 0 Å². The molecule has 10 heteroatoms. The minimum absolute atomic E-state index is 0.123. The summed E-state index contributed by atoms with van der Waals surface area (Å²) < 4.78 is 1.84. The second kappa shape index (κ2) is 9.92. The number of urea groups is 1. The average molecular weight is 426 g/mol. The molecule has 0 aliphatic carbocycles. The summed E-state index contributed by atoms with van der Waals surface area (Å²) in [4.78, 5) is 16.0. The number of carbonyl (C=O) groups excluding carboxylic acids is 1. The van der Waals surface area contributed by atoms with E-state index in [0.717, 1.165) is 37.9 Å². The van der Waals surface area contributed by atoms with Crippen LogP contribution < -0.4 is 0 Å². The summed E-state index contributed by atoms with van der Waals surface area (Å²) in [6.45, 7) is 5.06. The molecule has 29 heavy (non-hydrogen) atoms. The SMILES string of the molecule is CCCn1cc(CCCCN2C(=O)N(C3CC(O)C(CO)S3)C=C(C)C2O)nn1. The lowest BCUT2D eigenvalue weighted by molar-refractivity contribution is 0.0325. The number of rotatable bonds is 9. The Labute approximate surface area is 175 Å². The number of thioether (sulfide) groups is 1. The first-order valence-electron chi connectivity index (χ1n) is 10.2. The van der Waals surface area contributed by atoms with Crippen LogP contribution in [0.15, 0.2) is 18.0 Å². The van der Waals surface area contributed by atoms with Gasteiger partial charge in [0.1, 0.15) is 0 Å². The number of nitrogens with zero attached hydrogens (tertiary/aromatic N) is 5. The van der Waals surface area contributed by atoms with E-state index in [4.69, 9.17) is 0 Å². The van der Waals surface area contributed by atoms with Crippen LogP contribution in [0.2, 0.25) is 0 Å². The molecule has 3 N–H and O–H groups in total. The fourth-order valence-corrected chi connectivity index (χ4v) is 5.07. The van der Waals surface area contributed by atoms with Gasteiger partial charge in [0.15, 0.2) is 6.23 Å². The molecule has 1 fully saturated rings. The molecule has 0 bridgehead atoms. The van der Waals surface area contributed by atoms with Crippen molar-refractivity contribution >= 4 is 17.8 Å². The zero-order chi connectivity index (χ0) is 21.0. The number of hydrogen-bond acceptors (Lipinski definition) is 7. The van der Waals surface area contributed by atoms with Crippen LogP contribution in [0.4, 0.5) is 4.79 Å². The number of aromatic nitrogens is 3. The number of aryl methyl sites for hydroxylation is 2. The maximum Gasteiger partial charge on any atom is 0.327 e. The van der Waals surface area contributed by atoms with Gasteiger partial charge in [0, 0.05) is 31.9 Å². The van der Waals surface area contributed by atoms with E-state index in [9.17, 15) is 20.1 Å². The summed E-state index contributed by atoms with van der Waals surface area (Å²) >= 11 is 1.40. The van der Waals surface area contributed by atoms with Crippen LogP contribution in [0.25, 0.3) is 0 Å². The predicted octanol–water partition coefficient (Wildman–Crippen LogP) is 1.16. The van der Waals surface area contributed by atoms with E-state index in [1.165, 1.54) is 16.7 Å². The molecule has 0 spiro atoms. The molecule has 1 aromatic rings. The van der Waals surface area contributed by atoms with Crippen molar-refractivity contribution in [2.75, 3.05) is 13.2 Å². The molecule has 162 valence electrons. The Hall–Kier alpha value is -1.62. The van der Waals surface area contributed by atoms with Gasteiger partial charge in [0.05, 0.1) is 29.0 Å². The number of carbonyl (C=O) groups is 1. The molecule has 1 saturated heterocycles. The first-order valence-corrected chi connectivity index (χ1v) is 11.2. The van der Waals surface area contributed by atoms with Gasteiger partial charge in [-0.05, 0) is 38.2 Å². The van der Waals surface area contributed by atoms with Gasteiger partial charge < -0.3 is 15.3 Å². The predicted molar refractivity (Wildman–Crippen MR) is 110 cm³/mol. The first-order chi connectivity index (χ1) is 13.9. The van der Waals surface area contributed by atoms with Crippen molar-refractivity contribution < 1.29 is 20.1 Å². The number of amides is 2. The Morgan fingerprint density at radius 2 is 2.07 bits per heavy atom. The van der Waals surface area contributed by atoms with Gasteiger partial charge in [0.25, 0.3) is 0 Å². The lowest BCUT2D eigenvalue weighted by atomic mass is 10.1. The molecule has 3 heterocycles. The second-order valence-electron chi connectivity index (χ2n) is 7.67. The molecule has 0 radical (unpaired) electrons. The van der Waals surface area contributed by atoms with Crippen LogP contribution >= 0.6 is 11.8 Å². The number of aliphatic hydroxyl groups excluding tert-OH is 3. The van der Waals surface area contributed by atoms with Crippen molar-refractivity contribution in [3.8, 4) is 0 Å². The second-order valence-corrected chi connectivity index (χ2v) is 9.10. The summed E-state index contributed by atoms with van der Waals surface area (Å²) in [5.74, 6) is 0. The van der Waals surface area contributed by atoms with E-state index in [-0.39, 0.29) is 23.3 Å². The molecule has 2 aliphatic rings. The third-order valence-electron chi connectivity index (χ3n) is 5.33. The molecule has 9 nitrogen and oxygen atoms in total. The third kappa shape index (κ3) is 5.11. The molecular formula is C19H31N5O4S. The smallest absolute Gasteiger partial charge is 0.327 e. The van der Waals surface area contributed by atoms with E-state index in [0.29, 0.717) is 18.5 Å². The van der Waals surface area contributed by atoms with Crippen LogP contribution in [0, 0.1) is 0 Å². The minimum Gasteiger partial charge on any atom is -0.395 e. The van der Waals surface area contributed by atoms with Gasteiger partial charge in [-0.2, -0.15) is 0 Å². The van der Waals surface area contributed by atoms with Crippen LogP contribution in [0.1, 0.15) is 45.2 Å². The van der Waals surface area contributed by atoms with Crippen molar-refractivity contribution in [2.45, 2.75) is 75.5 Å². The zero-order valence-electron chi connectivity index (χ0n) is 17.0. The molecule has 4 atom stereocenters. The highest BCUT2D eigenvalue weighted by Crippen LogP contribution is 2.38. The topological polar surface area (TPSA) is 115 Å². The number of aliphatic hydroxyl groups is 3. The van der Waals surface area contributed by atoms with Crippen molar-refractivity contribution in [2.24, 2.45) is 0 Å². The van der Waals surface area contributed by atoms with Gasteiger partial charge in [-0.1, -0.05) is 12.1 Å². The van der Waals surface area contributed by atoms with Crippen molar-refractivity contribution in [3.05, 3.63) is 23.7 Å². The average Bonchev–Trinajstić information content (AvgIpc) is 3.30. The standard InChI is InChI=1S/C19H31N5O4S/c1-3-7-22-11-14(20-21-22)6-4-5-8-23-18(27)13(2)10-24(19(23)28)17-9-15(26)16(12-25)29-17/h10-11,15-18,25-27H,3-9,12H2,1-2H3. The van der Waals surface area contributed by atoms with Gasteiger partial charge in [-0.25, -0.2) is 4.79 Å². The van der Waals surface area contributed by atoms with Crippen molar-refractivity contribution in [1.82, 2.24) is 24.8 Å². The normalized spacial score (nSPS) is 27.6. The Balaban J connectivity index is 1.54. The maximum atomic E-state index is 13.0. The molecule has 2 aliphatic heterocycles. The van der Waals surface area contributed by atoms with Gasteiger partial charge in [-0.15, -0.1) is 16.9 Å². The monoisotopic (exact) mass is 425 g/mol. The van der Waals surface area contributed by atoms with Crippen LogP contribution in [-0.4, -0.2) is 82.3 Å². The molecule has 4 unspecified atom stereocenters. The fraction of sp³-hybridized carbons (Fsp3) is 0.737. The number of hydrogen-bond donors (Lipinski definition) is 3. The van der Waals surface area contributed by atoms with E-state index < -0.39 is 12.3 Å². The zero-order valence-corrected chi connectivity index (χ0v) is 17.8. The molecule has 1 aromatic heterocycles. The van der Waals surface area contributed by atoms with E-state index >= 15 is 0 Å². The van der Waals surface area contributed by atoms with E-state index in [1.807, 2.05) is 10.9 Å². The van der Waals surface area contributed by atoms with Gasteiger partial charge in [-0.3, -0.25) is 14.5 Å². The summed E-state index contributed by atoms with van der Waals surface area (Å²) in [5, 5.41) is 37.6. The highest BCUT2D eigenvalue weighted by molar-refractivity contribution is 8.00. The highest BCUT2D eigenvalue weighted by atomic mass is 32.2. The fourth-order valence-electron chi connectivity index (χ4n) is 3.69. The number of unbranched alkanes of at least 4 members (excludes halogenated alkanes) is 1. The van der Waals surface area contributed by atoms with E-state index in [2.05, 4.69) is 17.2 Å². The van der Waals surface area contributed by atoms with E-state index in [1.54, 1.807) is 18.0 Å². The molecule has 0 saturated carbocycles. The Kier molecular flexibility index (Phi) is 7.55. The maximum absolute atomic E-state index is 13.0. The molecular weight excluding hydrogens is 394 g/mol. The molecule has 3 rings (SSSR count). The Morgan fingerprint density at radius 1 is 1.28 bits per heavy atom. The van der Waals surface area contributed by atoms with Crippen LogP contribution in [-0.2, 0) is 13.0 Å². The quantitative estimate of drug-likeness (QED) is 0.509. The van der Waals surface area contributed by atoms with Gasteiger partial charge >= 0.3 is 6.03 Å². The minimum atomic E-state index is -0.936. The Bertz CT molecular complexity index is 727. The Morgan fingerprint density at radius 3 is 2.76 bits per heavy atom. The van der Waals surface area contributed by atoms with Crippen molar-refractivity contribution in [3.63, 3.8) is 0 Å². The van der Waals surface area contributed by atoms with Crippen LogP contribution in [0.5, 0.6) is 0 Å². The molecule has 0 aromatic carbocycles. The molecule has 2 amide bonds. The third-order valence-corrected chi connectivity index (χ3v) is 6.87. The summed E-state index contributed by atoms with van der Waals surface area (Å²) in [6, 6.07) is -0.264. The summed E-state index contributed by atoms with van der Waals surface area (Å²) in [7, 11) is 0. The lowest BCUT2D eigenvalue weighted by Gasteiger charge is -2.39. The highest BCUT2D eigenvalue weighted by Gasteiger charge is 2.41. The van der Waals surface area contributed by atoms with Crippen molar-refractivity contribution in [1.29, 1.82) is 0 Å².